The van der Waals surface area contributed by atoms with Gasteiger partial charge in [0.15, 0.2) is 0 Å². The van der Waals surface area contributed by atoms with Gasteiger partial charge in [0.05, 0.1) is 0 Å². The van der Waals surface area contributed by atoms with Crippen molar-refractivity contribution >= 4 is 17.3 Å². The summed E-state index contributed by atoms with van der Waals surface area (Å²) in [5.41, 5.74) is 9.17. The Labute approximate surface area is 197 Å². The first-order valence-corrected chi connectivity index (χ1v) is 13.8. The highest BCUT2D eigenvalue weighted by Gasteiger charge is 2.22. The van der Waals surface area contributed by atoms with Crippen molar-refractivity contribution in [2.45, 2.75) is 117 Å². The molecule has 0 nitrogen and oxygen atoms in total. The number of fused-ring (bicyclic) bond motifs is 1. The number of allylic oxidation sites excluding steroid dienone is 2. The number of benzene rings is 1. The van der Waals surface area contributed by atoms with E-state index in [4.69, 9.17) is 0 Å². The van der Waals surface area contributed by atoms with Crippen LogP contribution in [0.1, 0.15) is 134 Å². The first-order chi connectivity index (χ1) is 15.0. The van der Waals surface area contributed by atoms with E-state index in [0.29, 0.717) is 17.8 Å². The number of hydrogen-bond donors (Lipinski definition) is 0. The molecule has 0 saturated heterocycles. The highest BCUT2D eigenvalue weighted by atomic mass is 32.2. The molecule has 172 valence electrons. The molecule has 0 bridgehead atoms. The highest BCUT2D eigenvalue weighted by Crippen LogP contribution is 2.40. The lowest BCUT2D eigenvalue weighted by Gasteiger charge is -2.28. The van der Waals surface area contributed by atoms with Crippen LogP contribution < -0.4 is 0 Å². The molecule has 1 aliphatic rings. The molecule has 0 aromatic heterocycles. The van der Waals surface area contributed by atoms with Gasteiger partial charge < -0.3 is 0 Å². The van der Waals surface area contributed by atoms with Gasteiger partial charge in [-0.1, -0.05) is 109 Å². The Morgan fingerprint density at radius 1 is 1.00 bits per heavy atom. The van der Waals surface area contributed by atoms with E-state index in [2.05, 4.69) is 70.5 Å². The molecule has 0 amide bonds. The fourth-order valence-corrected chi connectivity index (χ4v) is 5.89. The molecule has 3 unspecified atom stereocenters. The van der Waals surface area contributed by atoms with Gasteiger partial charge in [-0.05, 0) is 78.0 Å². The standard InChI is InChI=1S/C30H46S/c1-7-10-11-12-13-14-16-26(15-8-2)30(9-3)31-22-25(6)27-19-20-28-23(4)17-18-24(5)29(28)21-27/h19-24,26H,3,7-8,10-18H2,1-2,4-6H3/b25-22+. The van der Waals surface area contributed by atoms with E-state index >= 15 is 0 Å². The fourth-order valence-electron chi connectivity index (χ4n) is 4.93. The molecule has 0 spiro atoms. The van der Waals surface area contributed by atoms with Crippen LogP contribution >= 0.6 is 11.8 Å². The average molecular weight is 439 g/mol. The predicted octanol–water partition coefficient (Wildman–Crippen LogP) is 10.6. The number of unbranched alkanes of at least 4 members (excludes halogenated alkanes) is 5. The molecule has 1 aliphatic carbocycles. The molecule has 1 aromatic carbocycles. The monoisotopic (exact) mass is 438 g/mol. The van der Waals surface area contributed by atoms with Crippen molar-refractivity contribution in [3.8, 4) is 0 Å². The molecule has 1 heteroatoms. The molecule has 31 heavy (non-hydrogen) atoms. The SMILES string of the molecule is C=C=C(S/C=C(\C)c1ccc2c(c1)C(C)CCC2C)C(CCC)CCCCCCCC. The third-order valence-electron chi connectivity index (χ3n) is 7.09. The van der Waals surface area contributed by atoms with Gasteiger partial charge in [0.2, 0.25) is 0 Å². The van der Waals surface area contributed by atoms with Gasteiger partial charge in [0.25, 0.3) is 0 Å². The Morgan fingerprint density at radius 3 is 2.35 bits per heavy atom. The van der Waals surface area contributed by atoms with Crippen LogP contribution in [-0.2, 0) is 0 Å². The first-order valence-electron chi connectivity index (χ1n) is 12.9. The van der Waals surface area contributed by atoms with Gasteiger partial charge in [-0.3, -0.25) is 0 Å². The molecule has 0 aliphatic heterocycles. The molecule has 0 N–H and O–H groups in total. The maximum atomic E-state index is 4.05. The molecule has 1 aromatic rings. The third-order valence-corrected chi connectivity index (χ3v) is 8.29. The minimum absolute atomic E-state index is 0.618. The molecule has 3 atom stereocenters. The van der Waals surface area contributed by atoms with Crippen molar-refractivity contribution in [3.63, 3.8) is 0 Å². The van der Waals surface area contributed by atoms with Crippen LogP contribution in [0.3, 0.4) is 0 Å². The van der Waals surface area contributed by atoms with Crippen LogP contribution in [0.2, 0.25) is 0 Å². The number of rotatable bonds is 13. The largest absolute Gasteiger partial charge is 0.118 e. The van der Waals surface area contributed by atoms with Gasteiger partial charge in [-0.15, -0.1) is 5.73 Å². The average Bonchev–Trinajstić information content (AvgIpc) is 2.78. The van der Waals surface area contributed by atoms with E-state index in [1.807, 2.05) is 11.8 Å². The van der Waals surface area contributed by atoms with E-state index in [1.165, 1.54) is 86.7 Å². The maximum Gasteiger partial charge on any atom is 0.0334 e. The Bertz CT molecular complexity index is 750. The summed E-state index contributed by atoms with van der Waals surface area (Å²) in [4.78, 5) is 1.34. The minimum Gasteiger partial charge on any atom is -0.118 e. The third kappa shape index (κ3) is 8.03. The quantitative estimate of drug-likeness (QED) is 0.218. The summed E-state index contributed by atoms with van der Waals surface area (Å²) in [5, 5.41) is 2.34. The van der Waals surface area contributed by atoms with Crippen LogP contribution in [-0.4, -0.2) is 0 Å². The van der Waals surface area contributed by atoms with Crippen LogP contribution in [0.5, 0.6) is 0 Å². The zero-order chi connectivity index (χ0) is 22.6. The molecule has 0 fully saturated rings. The summed E-state index contributed by atoms with van der Waals surface area (Å²) in [6.07, 6.45) is 14.6. The lowest BCUT2D eigenvalue weighted by molar-refractivity contribution is 0.485. The van der Waals surface area contributed by atoms with Crippen molar-refractivity contribution in [1.82, 2.24) is 0 Å². The number of hydrogen-bond acceptors (Lipinski definition) is 1. The maximum absolute atomic E-state index is 4.05. The van der Waals surface area contributed by atoms with Crippen molar-refractivity contribution < 1.29 is 0 Å². The summed E-state index contributed by atoms with van der Waals surface area (Å²) in [6.45, 7) is 15.7. The van der Waals surface area contributed by atoms with Crippen LogP contribution in [0, 0.1) is 5.92 Å². The van der Waals surface area contributed by atoms with Gasteiger partial charge in [-0.2, -0.15) is 0 Å². The second-order valence-electron chi connectivity index (χ2n) is 9.72. The van der Waals surface area contributed by atoms with Crippen LogP contribution in [0.4, 0.5) is 0 Å². The normalized spacial score (nSPS) is 19.6. The summed E-state index contributed by atoms with van der Waals surface area (Å²) < 4.78 is 0. The van der Waals surface area contributed by atoms with E-state index in [9.17, 15) is 0 Å². The van der Waals surface area contributed by atoms with E-state index < -0.39 is 0 Å². The smallest absolute Gasteiger partial charge is 0.0334 e. The lowest BCUT2D eigenvalue weighted by atomic mass is 9.77. The van der Waals surface area contributed by atoms with Crippen LogP contribution in [0.25, 0.3) is 5.57 Å². The second kappa shape index (κ2) is 14.1. The highest BCUT2D eigenvalue weighted by molar-refractivity contribution is 8.06. The fraction of sp³-hybridized carbons (Fsp3) is 0.633. The Morgan fingerprint density at radius 2 is 1.68 bits per heavy atom. The zero-order valence-electron chi connectivity index (χ0n) is 20.9. The molecule has 0 saturated carbocycles. The summed E-state index contributed by atoms with van der Waals surface area (Å²) >= 11 is 1.86. The Hall–Kier alpha value is -1.17. The topological polar surface area (TPSA) is 0 Å². The zero-order valence-corrected chi connectivity index (χ0v) is 21.8. The Kier molecular flexibility index (Phi) is 11.8. The van der Waals surface area contributed by atoms with E-state index in [0.717, 1.165) is 0 Å². The summed E-state index contributed by atoms with van der Waals surface area (Å²) in [6, 6.07) is 7.17. The minimum atomic E-state index is 0.618. The van der Waals surface area contributed by atoms with Crippen molar-refractivity contribution in [1.29, 1.82) is 0 Å². The van der Waals surface area contributed by atoms with Crippen molar-refractivity contribution in [2.75, 3.05) is 0 Å². The van der Waals surface area contributed by atoms with Gasteiger partial charge >= 0.3 is 0 Å². The second-order valence-corrected chi connectivity index (χ2v) is 10.6. The molecular formula is C30H46S. The molecule has 0 radical (unpaired) electrons. The molecular weight excluding hydrogens is 392 g/mol. The van der Waals surface area contributed by atoms with Gasteiger partial charge in [0.1, 0.15) is 0 Å². The molecule has 2 rings (SSSR count). The van der Waals surface area contributed by atoms with Gasteiger partial charge in [-0.25, -0.2) is 0 Å². The van der Waals surface area contributed by atoms with E-state index in [1.54, 1.807) is 11.1 Å². The Balaban J connectivity index is 2.01. The first kappa shape index (κ1) is 26.1. The van der Waals surface area contributed by atoms with E-state index in [-0.39, 0.29) is 0 Å². The lowest BCUT2D eigenvalue weighted by Crippen LogP contribution is -2.10. The predicted molar refractivity (Wildman–Crippen MR) is 143 cm³/mol. The molecule has 0 heterocycles. The van der Waals surface area contributed by atoms with Crippen LogP contribution in [0.15, 0.2) is 40.8 Å². The van der Waals surface area contributed by atoms with Crippen molar-refractivity contribution in [2.24, 2.45) is 5.92 Å². The summed E-state index contributed by atoms with van der Waals surface area (Å²) in [5.74, 6) is 2.00. The number of thioether (sulfide) groups is 1. The van der Waals surface area contributed by atoms with Gasteiger partial charge in [0, 0.05) is 4.91 Å². The summed E-state index contributed by atoms with van der Waals surface area (Å²) in [7, 11) is 0. The van der Waals surface area contributed by atoms with Crippen molar-refractivity contribution in [3.05, 3.63) is 57.5 Å².